The lowest BCUT2D eigenvalue weighted by molar-refractivity contribution is -0.0328. The molecule has 5 heteroatoms. The highest BCUT2D eigenvalue weighted by molar-refractivity contribution is 9.09. The van der Waals surface area contributed by atoms with Crippen molar-refractivity contribution in [1.82, 2.24) is 0 Å². The van der Waals surface area contributed by atoms with Gasteiger partial charge in [-0.15, -0.1) is 0 Å². The Morgan fingerprint density at radius 2 is 1.76 bits per heavy atom. The lowest BCUT2D eigenvalue weighted by atomic mass is 9.84. The maximum atomic E-state index is 12.3. The molecule has 0 amide bonds. The highest BCUT2D eigenvalue weighted by Crippen LogP contribution is 2.37. The minimum absolute atomic E-state index is 0.0678. The summed E-state index contributed by atoms with van der Waals surface area (Å²) in [7, 11) is 0. The summed E-state index contributed by atoms with van der Waals surface area (Å²) in [6, 6.07) is 6.60. The third kappa shape index (κ3) is 5.70. The maximum absolute atomic E-state index is 12.3. The van der Waals surface area contributed by atoms with Gasteiger partial charge in [0.1, 0.15) is 0 Å². The fourth-order valence-electron chi connectivity index (χ4n) is 2.72. The van der Waals surface area contributed by atoms with Crippen LogP contribution in [0.2, 0.25) is 0 Å². The van der Waals surface area contributed by atoms with Crippen LogP contribution in [0.15, 0.2) is 34.7 Å². The van der Waals surface area contributed by atoms with Crippen molar-refractivity contribution < 1.29 is 13.2 Å². The van der Waals surface area contributed by atoms with E-state index in [1.807, 2.05) is 0 Å². The third-order valence-corrected chi connectivity index (χ3v) is 5.14. The monoisotopic (exact) mass is 378 g/mol. The number of allylic oxidation sites excluding steroid dienone is 1. The molecule has 1 saturated carbocycles. The van der Waals surface area contributed by atoms with Crippen LogP contribution in [0.1, 0.15) is 37.7 Å². The van der Waals surface area contributed by atoms with E-state index < -0.39 is 5.51 Å². The van der Waals surface area contributed by atoms with Gasteiger partial charge in [0.2, 0.25) is 0 Å². The van der Waals surface area contributed by atoms with Crippen molar-refractivity contribution in [2.24, 2.45) is 5.92 Å². The topological polar surface area (TPSA) is 0 Å². The molecule has 2 rings (SSSR count). The van der Waals surface area contributed by atoms with Crippen molar-refractivity contribution in [1.29, 1.82) is 0 Å². The van der Waals surface area contributed by atoms with Crippen molar-refractivity contribution in [3.63, 3.8) is 0 Å². The van der Waals surface area contributed by atoms with Gasteiger partial charge in [0.05, 0.1) is 0 Å². The zero-order valence-electron chi connectivity index (χ0n) is 11.6. The van der Waals surface area contributed by atoms with E-state index in [1.54, 1.807) is 12.1 Å². The lowest BCUT2D eigenvalue weighted by Crippen LogP contribution is -2.10. The van der Waals surface area contributed by atoms with Gasteiger partial charge in [-0.1, -0.05) is 59.0 Å². The first-order valence-corrected chi connectivity index (χ1v) is 9.04. The number of hydrogen-bond acceptors (Lipinski definition) is 1. The standard InChI is InChI=1S/C16H18BrF3S/c17-11-14(13-4-2-1-3-5-13)10-12-6-8-15(9-7-12)21-16(18,19)20/h6-10,13H,1-5,11H2/b14-10-. The molecule has 1 aliphatic carbocycles. The molecule has 21 heavy (non-hydrogen) atoms. The molecule has 0 nitrogen and oxygen atoms in total. The molecule has 0 heterocycles. The van der Waals surface area contributed by atoms with Gasteiger partial charge in [0, 0.05) is 10.2 Å². The Morgan fingerprint density at radius 1 is 1.14 bits per heavy atom. The van der Waals surface area contributed by atoms with E-state index in [-0.39, 0.29) is 16.7 Å². The molecule has 0 spiro atoms. The zero-order chi connectivity index (χ0) is 15.3. The Balaban J connectivity index is 2.07. The van der Waals surface area contributed by atoms with Crippen molar-refractivity contribution in [3.05, 3.63) is 35.4 Å². The molecule has 0 radical (unpaired) electrons. The summed E-state index contributed by atoms with van der Waals surface area (Å²) >= 11 is 3.47. The number of thioether (sulfide) groups is 1. The second-order valence-electron chi connectivity index (χ2n) is 5.30. The zero-order valence-corrected chi connectivity index (χ0v) is 14.0. The Bertz CT molecular complexity index is 473. The molecule has 0 unspecified atom stereocenters. The minimum Gasteiger partial charge on any atom is -0.160 e. The molecule has 1 aromatic rings. The van der Waals surface area contributed by atoms with E-state index in [1.165, 1.54) is 49.8 Å². The first kappa shape index (κ1) is 16.9. The van der Waals surface area contributed by atoms with Crippen LogP contribution in [0.4, 0.5) is 13.2 Å². The van der Waals surface area contributed by atoms with E-state index >= 15 is 0 Å². The van der Waals surface area contributed by atoms with Crippen molar-refractivity contribution in [3.8, 4) is 0 Å². The van der Waals surface area contributed by atoms with Crippen LogP contribution in [0.3, 0.4) is 0 Å². The second kappa shape index (κ2) is 7.73. The first-order chi connectivity index (χ1) is 9.98. The van der Waals surface area contributed by atoms with Crippen LogP contribution in [0.5, 0.6) is 0 Å². The minimum atomic E-state index is -4.22. The summed E-state index contributed by atoms with van der Waals surface area (Å²) in [6.45, 7) is 0. The van der Waals surface area contributed by atoms with Crippen LogP contribution in [-0.4, -0.2) is 10.8 Å². The van der Waals surface area contributed by atoms with E-state index in [0.717, 1.165) is 10.9 Å². The number of alkyl halides is 4. The fourth-order valence-corrected chi connectivity index (χ4v) is 3.88. The molecule has 1 fully saturated rings. The third-order valence-electron chi connectivity index (χ3n) is 3.75. The Kier molecular flexibility index (Phi) is 6.23. The van der Waals surface area contributed by atoms with Crippen LogP contribution < -0.4 is 0 Å². The van der Waals surface area contributed by atoms with E-state index in [0.29, 0.717) is 5.92 Å². The summed E-state index contributed by atoms with van der Waals surface area (Å²) in [4.78, 5) is 0.234. The van der Waals surface area contributed by atoms with E-state index in [4.69, 9.17) is 0 Å². The normalized spacial score (nSPS) is 18.0. The lowest BCUT2D eigenvalue weighted by Gasteiger charge is -2.23. The molecule has 0 saturated heterocycles. The number of benzene rings is 1. The highest BCUT2D eigenvalue weighted by Gasteiger charge is 2.29. The molecule has 0 aromatic heterocycles. The molecule has 0 N–H and O–H groups in total. The molecular weight excluding hydrogens is 361 g/mol. The number of hydrogen-bond donors (Lipinski definition) is 0. The summed E-state index contributed by atoms with van der Waals surface area (Å²) in [5.41, 5.74) is -1.90. The van der Waals surface area contributed by atoms with Crippen molar-refractivity contribution in [2.45, 2.75) is 42.5 Å². The largest absolute Gasteiger partial charge is 0.446 e. The van der Waals surface area contributed by atoms with Crippen LogP contribution in [0.25, 0.3) is 6.08 Å². The predicted octanol–water partition coefficient (Wildman–Crippen LogP) is 6.66. The van der Waals surface area contributed by atoms with Gasteiger partial charge >= 0.3 is 5.51 Å². The van der Waals surface area contributed by atoms with Gasteiger partial charge in [-0.2, -0.15) is 13.2 Å². The predicted molar refractivity (Wildman–Crippen MR) is 86.7 cm³/mol. The fraction of sp³-hybridized carbons (Fsp3) is 0.500. The first-order valence-electron chi connectivity index (χ1n) is 7.10. The van der Waals surface area contributed by atoms with E-state index in [9.17, 15) is 13.2 Å². The average molecular weight is 379 g/mol. The quantitative estimate of drug-likeness (QED) is 0.417. The van der Waals surface area contributed by atoms with Gasteiger partial charge in [-0.3, -0.25) is 0 Å². The average Bonchev–Trinajstić information content (AvgIpc) is 2.46. The van der Waals surface area contributed by atoms with Gasteiger partial charge in [-0.05, 0) is 48.2 Å². The van der Waals surface area contributed by atoms with Gasteiger partial charge in [0.15, 0.2) is 0 Å². The molecule has 0 aliphatic heterocycles. The summed E-state index contributed by atoms with van der Waals surface area (Å²) in [6.07, 6.45) is 8.42. The molecule has 1 aromatic carbocycles. The van der Waals surface area contributed by atoms with Crippen LogP contribution in [0, 0.1) is 5.92 Å². The molecule has 0 atom stereocenters. The molecule has 0 bridgehead atoms. The van der Waals surface area contributed by atoms with Crippen LogP contribution >= 0.6 is 27.7 Å². The summed E-state index contributed by atoms with van der Waals surface area (Å²) in [5, 5.41) is 0.830. The Morgan fingerprint density at radius 3 is 2.29 bits per heavy atom. The molecule has 1 aliphatic rings. The van der Waals surface area contributed by atoms with E-state index in [2.05, 4.69) is 22.0 Å². The Labute approximate surface area is 136 Å². The maximum Gasteiger partial charge on any atom is 0.446 e. The SMILES string of the molecule is FC(F)(F)Sc1ccc(/C=C(/CBr)C2CCCCC2)cc1. The van der Waals surface area contributed by atoms with Gasteiger partial charge in [0.25, 0.3) is 0 Å². The highest BCUT2D eigenvalue weighted by atomic mass is 79.9. The summed E-state index contributed by atoms with van der Waals surface area (Å²) < 4.78 is 36.9. The smallest absolute Gasteiger partial charge is 0.160 e. The summed E-state index contributed by atoms with van der Waals surface area (Å²) in [5.74, 6) is 0.613. The van der Waals surface area contributed by atoms with Crippen molar-refractivity contribution in [2.75, 3.05) is 5.33 Å². The van der Waals surface area contributed by atoms with Crippen LogP contribution in [-0.2, 0) is 0 Å². The second-order valence-corrected chi connectivity index (χ2v) is 7.00. The molecular formula is C16H18BrF3S. The van der Waals surface area contributed by atoms with Crippen molar-refractivity contribution >= 4 is 33.8 Å². The number of halogens is 4. The number of rotatable bonds is 4. The van der Waals surface area contributed by atoms with Gasteiger partial charge in [-0.25, -0.2) is 0 Å². The Hall–Kier alpha value is -0.420. The van der Waals surface area contributed by atoms with Gasteiger partial charge < -0.3 is 0 Å². The molecule has 116 valence electrons.